The van der Waals surface area contributed by atoms with Crippen LogP contribution in [0.2, 0.25) is 0 Å². The van der Waals surface area contributed by atoms with Crippen LogP contribution in [0.1, 0.15) is 31.4 Å². The molecular formula is C19H31ClN4O2. The van der Waals surface area contributed by atoms with E-state index in [-0.39, 0.29) is 42.2 Å². The number of likely N-dealkylation sites (tertiary alicyclic amines) is 1. The number of hydrogen-bond donors (Lipinski definition) is 3. The molecule has 6 nitrogen and oxygen atoms in total. The quantitative estimate of drug-likeness (QED) is 0.700. The molecule has 0 bridgehead atoms. The number of nitrogens with two attached hydrogens (primary N) is 1. The fourth-order valence-corrected chi connectivity index (χ4v) is 3.24. The van der Waals surface area contributed by atoms with Gasteiger partial charge in [0.1, 0.15) is 0 Å². The third kappa shape index (κ3) is 5.43. The van der Waals surface area contributed by atoms with Crippen LogP contribution >= 0.6 is 12.4 Å². The van der Waals surface area contributed by atoms with Gasteiger partial charge in [0.15, 0.2) is 0 Å². The highest BCUT2D eigenvalue weighted by Gasteiger charge is 2.36. The Morgan fingerprint density at radius 2 is 1.92 bits per heavy atom. The molecule has 7 heteroatoms. The molecule has 0 spiro atoms. The molecule has 0 radical (unpaired) electrons. The largest absolute Gasteiger partial charge is 0.346 e. The van der Waals surface area contributed by atoms with Gasteiger partial charge >= 0.3 is 0 Å². The standard InChI is InChI=1S/C19H30N4O2.ClH/c1-13-6-5-7-14(2)17(13)22-16(24)10-21-18(25)15(3)23-9-8-19(4,11-20)12-23;/h5-7,15H,8-12,20H2,1-4H3,(H,21,25)(H,22,24);1H. The predicted molar refractivity (Wildman–Crippen MR) is 108 cm³/mol. The first-order valence-corrected chi connectivity index (χ1v) is 8.83. The van der Waals surface area contributed by atoms with E-state index >= 15 is 0 Å². The van der Waals surface area contributed by atoms with Crippen LogP contribution < -0.4 is 16.4 Å². The van der Waals surface area contributed by atoms with Crippen molar-refractivity contribution in [2.24, 2.45) is 11.1 Å². The third-order valence-electron chi connectivity index (χ3n) is 5.18. The number of amides is 2. The van der Waals surface area contributed by atoms with E-state index in [1.807, 2.05) is 39.0 Å². The molecule has 2 atom stereocenters. The van der Waals surface area contributed by atoms with E-state index in [1.54, 1.807) is 0 Å². The van der Waals surface area contributed by atoms with Crippen LogP contribution in [0, 0.1) is 19.3 Å². The van der Waals surface area contributed by atoms with E-state index in [0.717, 1.165) is 36.3 Å². The van der Waals surface area contributed by atoms with Crippen molar-refractivity contribution >= 4 is 29.9 Å². The summed E-state index contributed by atoms with van der Waals surface area (Å²) in [4.78, 5) is 26.6. The zero-order valence-electron chi connectivity index (χ0n) is 16.1. The summed E-state index contributed by atoms with van der Waals surface area (Å²) in [7, 11) is 0. The first kappa shape index (κ1) is 22.4. The van der Waals surface area contributed by atoms with Crippen LogP contribution in [0.25, 0.3) is 0 Å². The molecule has 1 saturated heterocycles. The molecule has 0 aromatic heterocycles. The Morgan fingerprint density at radius 3 is 2.46 bits per heavy atom. The summed E-state index contributed by atoms with van der Waals surface area (Å²) in [6, 6.07) is 5.59. The molecule has 1 heterocycles. The molecule has 26 heavy (non-hydrogen) atoms. The second kappa shape index (κ2) is 9.35. The van der Waals surface area contributed by atoms with Crippen molar-refractivity contribution in [1.82, 2.24) is 10.2 Å². The number of para-hydroxylation sites is 1. The molecule has 4 N–H and O–H groups in total. The third-order valence-corrected chi connectivity index (χ3v) is 5.18. The van der Waals surface area contributed by atoms with E-state index in [1.165, 1.54) is 0 Å². The van der Waals surface area contributed by atoms with Crippen molar-refractivity contribution in [3.63, 3.8) is 0 Å². The van der Waals surface area contributed by atoms with Gasteiger partial charge in [-0.3, -0.25) is 14.5 Å². The SMILES string of the molecule is Cc1cccc(C)c1NC(=O)CNC(=O)C(C)N1CCC(C)(CN)C1.Cl. The van der Waals surface area contributed by atoms with Gasteiger partial charge in [0.25, 0.3) is 0 Å². The zero-order chi connectivity index (χ0) is 18.6. The fraction of sp³-hybridized carbons (Fsp3) is 0.579. The minimum atomic E-state index is -0.263. The molecule has 0 aliphatic carbocycles. The Kier molecular flexibility index (Phi) is 8.06. The van der Waals surface area contributed by atoms with E-state index < -0.39 is 0 Å². The van der Waals surface area contributed by atoms with Crippen molar-refractivity contribution in [1.29, 1.82) is 0 Å². The summed E-state index contributed by atoms with van der Waals surface area (Å²) in [6.45, 7) is 10.2. The number of nitrogens with zero attached hydrogens (tertiary/aromatic N) is 1. The first-order valence-electron chi connectivity index (χ1n) is 8.83. The zero-order valence-corrected chi connectivity index (χ0v) is 16.9. The molecule has 2 rings (SSSR count). The molecule has 2 unspecified atom stereocenters. The number of benzene rings is 1. The number of anilines is 1. The predicted octanol–water partition coefficient (Wildman–Crippen LogP) is 1.84. The van der Waals surface area contributed by atoms with Crippen molar-refractivity contribution in [2.75, 3.05) is 31.5 Å². The summed E-state index contributed by atoms with van der Waals surface area (Å²) >= 11 is 0. The molecule has 0 saturated carbocycles. The van der Waals surface area contributed by atoms with Crippen molar-refractivity contribution in [3.8, 4) is 0 Å². The maximum Gasteiger partial charge on any atom is 0.243 e. The van der Waals surface area contributed by atoms with Gasteiger partial charge in [-0.05, 0) is 56.8 Å². The van der Waals surface area contributed by atoms with Gasteiger partial charge in [0, 0.05) is 12.2 Å². The van der Waals surface area contributed by atoms with E-state index in [9.17, 15) is 9.59 Å². The molecule has 1 aliphatic heterocycles. The van der Waals surface area contributed by atoms with E-state index in [0.29, 0.717) is 6.54 Å². The lowest BCUT2D eigenvalue weighted by Crippen LogP contribution is -2.47. The number of nitrogens with one attached hydrogen (secondary N) is 2. The van der Waals surface area contributed by atoms with Gasteiger partial charge < -0.3 is 16.4 Å². The molecular weight excluding hydrogens is 352 g/mol. The lowest BCUT2D eigenvalue weighted by atomic mass is 9.90. The number of aryl methyl sites for hydroxylation is 2. The lowest BCUT2D eigenvalue weighted by Gasteiger charge is -2.26. The Labute approximate surface area is 162 Å². The summed E-state index contributed by atoms with van der Waals surface area (Å²) in [5, 5.41) is 5.62. The summed E-state index contributed by atoms with van der Waals surface area (Å²) in [5.74, 6) is -0.343. The summed E-state index contributed by atoms with van der Waals surface area (Å²) < 4.78 is 0. The Hall–Kier alpha value is -1.63. The molecule has 146 valence electrons. The monoisotopic (exact) mass is 382 g/mol. The van der Waals surface area contributed by atoms with Crippen molar-refractivity contribution in [3.05, 3.63) is 29.3 Å². The highest BCUT2D eigenvalue weighted by atomic mass is 35.5. The van der Waals surface area contributed by atoms with Gasteiger partial charge in [0.05, 0.1) is 12.6 Å². The maximum atomic E-state index is 12.4. The highest BCUT2D eigenvalue weighted by molar-refractivity contribution is 5.96. The second-order valence-electron chi connectivity index (χ2n) is 7.44. The van der Waals surface area contributed by atoms with Gasteiger partial charge in [-0.15, -0.1) is 12.4 Å². The number of halogens is 1. The normalized spacial score (nSPS) is 21.0. The Balaban J connectivity index is 0.00000338. The topological polar surface area (TPSA) is 87.5 Å². The Bertz CT molecular complexity index is 632. The summed E-state index contributed by atoms with van der Waals surface area (Å²) in [6.07, 6.45) is 0.994. The maximum absolute atomic E-state index is 12.4. The van der Waals surface area contributed by atoms with E-state index in [4.69, 9.17) is 5.73 Å². The minimum Gasteiger partial charge on any atom is -0.346 e. The van der Waals surface area contributed by atoms with Crippen LogP contribution in [0.15, 0.2) is 18.2 Å². The van der Waals surface area contributed by atoms with E-state index in [2.05, 4.69) is 22.5 Å². The average molecular weight is 383 g/mol. The molecule has 1 aromatic rings. The lowest BCUT2D eigenvalue weighted by molar-refractivity contribution is -0.127. The Morgan fingerprint density at radius 1 is 1.31 bits per heavy atom. The van der Waals surface area contributed by atoms with Crippen molar-refractivity contribution < 1.29 is 9.59 Å². The first-order chi connectivity index (χ1) is 11.8. The summed E-state index contributed by atoms with van der Waals surface area (Å²) in [5.41, 5.74) is 8.72. The van der Waals surface area contributed by atoms with Gasteiger partial charge in [-0.2, -0.15) is 0 Å². The molecule has 1 fully saturated rings. The number of rotatable bonds is 6. The van der Waals surface area contributed by atoms with Crippen molar-refractivity contribution in [2.45, 2.75) is 40.2 Å². The van der Waals surface area contributed by atoms with Crippen LogP contribution in [0.3, 0.4) is 0 Å². The molecule has 1 aliphatic rings. The van der Waals surface area contributed by atoms with Crippen LogP contribution in [-0.2, 0) is 9.59 Å². The van der Waals surface area contributed by atoms with Gasteiger partial charge in [-0.25, -0.2) is 0 Å². The van der Waals surface area contributed by atoms with Crippen LogP contribution in [0.5, 0.6) is 0 Å². The minimum absolute atomic E-state index is 0. The van der Waals surface area contributed by atoms with Gasteiger partial charge in [0.2, 0.25) is 11.8 Å². The highest BCUT2D eigenvalue weighted by Crippen LogP contribution is 2.29. The van der Waals surface area contributed by atoms with Crippen LogP contribution in [-0.4, -0.2) is 48.9 Å². The molecule has 1 aromatic carbocycles. The average Bonchev–Trinajstić information content (AvgIpc) is 2.98. The molecule has 2 amide bonds. The number of carbonyl (C=O) groups is 2. The number of carbonyl (C=O) groups excluding carboxylic acids is 2. The van der Waals surface area contributed by atoms with Gasteiger partial charge in [-0.1, -0.05) is 25.1 Å². The number of hydrogen-bond acceptors (Lipinski definition) is 4. The van der Waals surface area contributed by atoms with Crippen LogP contribution in [0.4, 0.5) is 5.69 Å². The second-order valence-corrected chi connectivity index (χ2v) is 7.44. The smallest absolute Gasteiger partial charge is 0.243 e. The fourth-order valence-electron chi connectivity index (χ4n) is 3.24.